The van der Waals surface area contributed by atoms with Crippen LogP contribution in [0.15, 0.2) is 46.9 Å². The van der Waals surface area contributed by atoms with E-state index in [1.54, 1.807) is 0 Å². The predicted molar refractivity (Wildman–Crippen MR) is 70.9 cm³/mol. The van der Waals surface area contributed by atoms with Crippen molar-refractivity contribution in [2.75, 3.05) is 0 Å². The van der Waals surface area contributed by atoms with E-state index in [1.165, 1.54) is 5.56 Å². The number of benzene rings is 2. The molecule has 0 saturated carbocycles. The van der Waals surface area contributed by atoms with Crippen LogP contribution in [0.25, 0.3) is 21.9 Å². The molecule has 1 aromatic heterocycles. The highest BCUT2D eigenvalue weighted by atomic mass is 16.3. The molecule has 0 unspecified atom stereocenters. The molecule has 86 valence electrons. The summed E-state index contributed by atoms with van der Waals surface area (Å²) in [5.74, 6) is 0. The Kier molecular flexibility index (Phi) is 2.37. The van der Waals surface area contributed by atoms with Crippen molar-refractivity contribution in [1.82, 2.24) is 0 Å². The van der Waals surface area contributed by atoms with Gasteiger partial charge in [0.25, 0.3) is 0 Å². The maximum absolute atomic E-state index is 6.07. The Morgan fingerprint density at radius 2 is 1.82 bits per heavy atom. The summed E-state index contributed by atoms with van der Waals surface area (Å²) in [6.07, 6.45) is 0.946. The molecule has 17 heavy (non-hydrogen) atoms. The molecule has 0 amide bonds. The average molecular weight is 225 g/mol. The van der Waals surface area contributed by atoms with Gasteiger partial charge in [-0.2, -0.15) is 0 Å². The van der Waals surface area contributed by atoms with Gasteiger partial charge in [0.15, 0.2) is 0 Å². The Balaban J connectivity index is 2.30. The number of furan rings is 1. The Labute approximate surface area is 100 Å². The number of hydrogen-bond acceptors (Lipinski definition) is 2. The Hall–Kier alpha value is -1.80. The van der Waals surface area contributed by atoms with Gasteiger partial charge >= 0.3 is 0 Å². The first-order valence-electron chi connectivity index (χ1n) is 5.96. The van der Waals surface area contributed by atoms with Gasteiger partial charge in [0.2, 0.25) is 0 Å². The van der Waals surface area contributed by atoms with Crippen molar-refractivity contribution < 1.29 is 4.42 Å². The van der Waals surface area contributed by atoms with Crippen molar-refractivity contribution in [3.05, 3.63) is 48.0 Å². The van der Waals surface area contributed by atoms with Gasteiger partial charge in [-0.25, -0.2) is 0 Å². The molecule has 0 saturated heterocycles. The minimum Gasteiger partial charge on any atom is -0.456 e. The highest BCUT2D eigenvalue weighted by Gasteiger charge is 2.09. The molecule has 2 nitrogen and oxygen atoms in total. The highest BCUT2D eigenvalue weighted by Crippen LogP contribution is 2.30. The van der Waals surface area contributed by atoms with Crippen LogP contribution in [0.5, 0.6) is 0 Å². The molecule has 1 atom stereocenters. The molecule has 0 bridgehead atoms. The summed E-state index contributed by atoms with van der Waals surface area (Å²) in [6.45, 7) is 2.10. The lowest BCUT2D eigenvalue weighted by molar-refractivity contribution is 0.667. The van der Waals surface area contributed by atoms with Gasteiger partial charge in [-0.1, -0.05) is 31.2 Å². The van der Waals surface area contributed by atoms with Gasteiger partial charge in [0, 0.05) is 16.8 Å². The van der Waals surface area contributed by atoms with Crippen molar-refractivity contribution in [3.63, 3.8) is 0 Å². The van der Waals surface area contributed by atoms with E-state index in [0.29, 0.717) is 0 Å². The molecular weight excluding hydrogens is 210 g/mol. The van der Waals surface area contributed by atoms with Crippen LogP contribution in [0.2, 0.25) is 0 Å². The number of nitrogens with two attached hydrogens (primary N) is 1. The molecule has 0 fully saturated rings. The van der Waals surface area contributed by atoms with Gasteiger partial charge in [-0.15, -0.1) is 0 Å². The van der Waals surface area contributed by atoms with E-state index in [0.717, 1.165) is 28.4 Å². The van der Waals surface area contributed by atoms with E-state index in [9.17, 15) is 0 Å². The second-order valence-electron chi connectivity index (χ2n) is 4.37. The fourth-order valence-corrected chi connectivity index (χ4v) is 2.21. The number of fused-ring (bicyclic) bond motifs is 3. The number of para-hydroxylation sites is 1. The summed E-state index contributed by atoms with van der Waals surface area (Å²) in [6, 6.07) is 14.4. The molecule has 0 spiro atoms. The van der Waals surface area contributed by atoms with Crippen molar-refractivity contribution in [2.45, 2.75) is 19.4 Å². The van der Waals surface area contributed by atoms with Crippen molar-refractivity contribution in [3.8, 4) is 0 Å². The molecule has 2 N–H and O–H groups in total. The van der Waals surface area contributed by atoms with E-state index in [-0.39, 0.29) is 6.04 Å². The Morgan fingerprint density at radius 3 is 2.65 bits per heavy atom. The first-order valence-corrected chi connectivity index (χ1v) is 5.96. The summed E-state index contributed by atoms with van der Waals surface area (Å²) < 4.78 is 5.78. The SMILES string of the molecule is CC[C@H](N)c1ccc2oc3ccccc3c2c1. The van der Waals surface area contributed by atoms with Crippen LogP contribution >= 0.6 is 0 Å². The maximum atomic E-state index is 6.07. The quantitative estimate of drug-likeness (QED) is 0.716. The molecule has 2 heteroatoms. The summed E-state index contributed by atoms with van der Waals surface area (Å²) >= 11 is 0. The van der Waals surface area contributed by atoms with E-state index in [2.05, 4.69) is 25.1 Å². The lowest BCUT2D eigenvalue weighted by Crippen LogP contribution is -2.07. The van der Waals surface area contributed by atoms with E-state index < -0.39 is 0 Å². The second kappa shape index (κ2) is 3.90. The van der Waals surface area contributed by atoms with E-state index in [4.69, 9.17) is 10.2 Å². The van der Waals surface area contributed by atoms with Gasteiger partial charge in [-0.05, 0) is 30.2 Å². The molecule has 0 aliphatic heterocycles. The first-order chi connectivity index (χ1) is 8.29. The summed E-state index contributed by atoms with van der Waals surface area (Å²) in [5.41, 5.74) is 9.10. The summed E-state index contributed by atoms with van der Waals surface area (Å²) in [7, 11) is 0. The van der Waals surface area contributed by atoms with Crippen LogP contribution in [0.1, 0.15) is 24.9 Å². The fourth-order valence-electron chi connectivity index (χ4n) is 2.21. The molecule has 1 heterocycles. The monoisotopic (exact) mass is 225 g/mol. The van der Waals surface area contributed by atoms with Gasteiger partial charge in [-0.3, -0.25) is 0 Å². The standard InChI is InChI=1S/C15H15NO/c1-2-13(16)10-7-8-15-12(9-10)11-5-3-4-6-14(11)17-15/h3-9,13H,2,16H2,1H3/t13-/m0/s1. The second-order valence-corrected chi connectivity index (χ2v) is 4.37. The Morgan fingerprint density at radius 1 is 1.06 bits per heavy atom. The molecule has 0 aliphatic rings. The average Bonchev–Trinajstić information content (AvgIpc) is 2.75. The maximum Gasteiger partial charge on any atom is 0.135 e. The minimum absolute atomic E-state index is 0.105. The third kappa shape index (κ3) is 1.61. The van der Waals surface area contributed by atoms with Crippen LogP contribution in [0, 0.1) is 0 Å². The van der Waals surface area contributed by atoms with Crippen LogP contribution in [-0.2, 0) is 0 Å². The smallest absolute Gasteiger partial charge is 0.135 e. The first kappa shape index (κ1) is 10.4. The molecule has 0 aliphatic carbocycles. The third-order valence-electron chi connectivity index (χ3n) is 3.27. The largest absolute Gasteiger partial charge is 0.456 e. The van der Waals surface area contributed by atoms with E-state index >= 15 is 0 Å². The van der Waals surface area contributed by atoms with Crippen LogP contribution in [0.3, 0.4) is 0 Å². The molecule has 0 radical (unpaired) electrons. The van der Waals surface area contributed by atoms with Crippen LogP contribution in [0.4, 0.5) is 0 Å². The number of hydrogen-bond donors (Lipinski definition) is 1. The van der Waals surface area contributed by atoms with Crippen molar-refractivity contribution in [2.24, 2.45) is 5.73 Å². The third-order valence-corrected chi connectivity index (χ3v) is 3.27. The topological polar surface area (TPSA) is 39.2 Å². The minimum atomic E-state index is 0.105. The zero-order valence-electron chi connectivity index (χ0n) is 9.81. The molecule has 3 aromatic rings. The number of rotatable bonds is 2. The lowest BCUT2D eigenvalue weighted by Gasteiger charge is -2.08. The zero-order valence-corrected chi connectivity index (χ0v) is 9.81. The van der Waals surface area contributed by atoms with Gasteiger partial charge in [0.1, 0.15) is 11.2 Å². The van der Waals surface area contributed by atoms with Crippen molar-refractivity contribution >= 4 is 21.9 Å². The van der Waals surface area contributed by atoms with E-state index in [1.807, 2.05) is 24.3 Å². The molecule has 3 rings (SSSR count). The lowest BCUT2D eigenvalue weighted by atomic mass is 10.0. The molecular formula is C15H15NO. The van der Waals surface area contributed by atoms with Gasteiger partial charge in [0.05, 0.1) is 0 Å². The van der Waals surface area contributed by atoms with Gasteiger partial charge < -0.3 is 10.2 Å². The normalized spacial score (nSPS) is 13.3. The van der Waals surface area contributed by atoms with Crippen LogP contribution < -0.4 is 5.73 Å². The highest BCUT2D eigenvalue weighted by molar-refractivity contribution is 6.04. The predicted octanol–water partition coefficient (Wildman–Crippen LogP) is 4.00. The zero-order chi connectivity index (χ0) is 11.8. The molecule has 2 aromatic carbocycles. The Bertz CT molecular complexity index is 669. The summed E-state index contributed by atoms with van der Waals surface area (Å²) in [5, 5.41) is 2.31. The summed E-state index contributed by atoms with van der Waals surface area (Å²) in [4.78, 5) is 0. The van der Waals surface area contributed by atoms with Crippen LogP contribution in [-0.4, -0.2) is 0 Å². The van der Waals surface area contributed by atoms with Crippen molar-refractivity contribution in [1.29, 1.82) is 0 Å². The fraction of sp³-hybridized carbons (Fsp3) is 0.200.